The molecule has 0 bridgehead atoms. The molecule has 0 fully saturated rings. The summed E-state index contributed by atoms with van der Waals surface area (Å²) in [6.07, 6.45) is 0. The van der Waals surface area contributed by atoms with E-state index in [0.29, 0.717) is 11.1 Å². The fourth-order valence-electron chi connectivity index (χ4n) is 2.00. The van der Waals surface area contributed by atoms with Crippen LogP contribution in [0.25, 0.3) is 0 Å². The average molecular weight is 417 g/mol. The summed E-state index contributed by atoms with van der Waals surface area (Å²) in [5, 5.41) is 3.19. The molecule has 0 aliphatic heterocycles. The van der Waals surface area contributed by atoms with E-state index in [-0.39, 0.29) is 11.9 Å². The number of rotatable bonds is 5. The third-order valence-corrected chi connectivity index (χ3v) is 4.14. The lowest BCUT2D eigenvalue weighted by Gasteiger charge is -2.17. The van der Waals surface area contributed by atoms with Gasteiger partial charge in [-0.3, -0.25) is 0 Å². The van der Waals surface area contributed by atoms with Crippen LogP contribution in [0.2, 0.25) is 0 Å². The number of nitrogens with one attached hydrogen (secondary N) is 1. The highest BCUT2D eigenvalue weighted by Crippen LogP contribution is 2.29. The summed E-state index contributed by atoms with van der Waals surface area (Å²) < 4.78 is 20.9. The molecule has 2 aromatic rings. The first kappa shape index (κ1) is 16.5. The van der Waals surface area contributed by atoms with Crippen LogP contribution in [0, 0.1) is 5.82 Å². The van der Waals surface area contributed by atoms with Crippen LogP contribution >= 0.6 is 31.9 Å². The molecule has 112 valence electrons. The van der Waals surface area contributed by atoms with E-state index in [4.69, 9.17) is 4.74 Å². The number of ether oxygens (including phenoxy) is 1. The standard InChI is InChI=1S/C16H16Br2FNO/c1-10(20-2)15-4-3-12(17)8-16(15)21-9-11-5-13(18)7-14(19)6-11/h3-8,10,20H,9H2,1-2H3. The SMILES string of the molecule is CNC(C)c1ccc(Br)cc1OCc1cc(F)cc(Br)c1. The van der Waals surface area contributed by atoms with Crippen LogP contribution in [-0.4, -0.2) is 7.05 Å². The summed E-state index contributed by atoms with van der Waals surface area (Å²) in [7, 11) is 1.90. The Hall–Kier alpha value is -0.910. The van der Waals surface area contributed by atoms with Gasteiger partial charge in [-0.05, 0) is 49.9 Å². The van der Waals surface area contributed by atoms with Gasteiger partial charge in [-0.2, -0.15) is 0 Å². The maximum absolute atomic E-state index is 13.4. The molecule has 0 aliphatic rings. The lowest BCUT2D eigenvalue weighted by Crippen LogP contribution is -2.13. The molecule has 0 amide bonds. The first-order valence-corrected chi connectivity index (χ1v) is 8.12. The van der Waals surface area contributed by atoms with Crippen molar-refractivity contribution in [3.63, 3.8) is 0 Å². The van der Waals surface area contributed by atoms with Gasteiger partial charge in [0, 0.05) is 20.6 Å². The average Bonchev–Trinajstić information content (AvgIpc) is 2.43. The van der Waals surface area contributed by atoms with Crippen molar-refractivity contribution in [2.24, 2.45) is 0 Å². The van der Waals surface area contributed by atoms with Gasteiger partial charge in [0.1, 0.15) is 18.2 Å². The van der Waals surface area contributed by atoms with E-state index in [9.17, 15) is 4.39 Å². The normalized spacial score (nSPS) is 12.2. The highest BCUT2D eigenvalue weighted by atomic mass is 79.9. The Morgan fingerprint density at radius 2 is 1.90 bits per heavy atom. The molecular formula is C16H16Br2FNO. The second-order valence-electron chi connectivity index (χ2n) is 4.76. The van der Waals surface area contributed by atoms with Crippen LogP contribution in [0.1, 0.15) is 24.1 Å². The number of hydrogen-bond acceptors (Lipinski definition) is 2. The van der Waals surface area contributed by atoms with E-state index >= 15 is 0 Å². The van der Waals surface area contributed by atoms with Crippen LogP contribution in [0.4, 0.5) is 4.39 Å². The maximum atomic E-state index is 13.4. The number of benzene rings is 2. The van der Waals surface area contributed by atoms with Crippen molar-refractivity contribution in [1.82, 2.24) is 5.32 Å². The van der Waals surface area contributed by atoms with Gasteiger partial charge in [0.15, 0.2) is 0 Å². The van der Waals surface area contributed by atoms with Gasteiger partial charge in [0.05, 0.1) is 0 Å². The highest BCUT2D eigenvalue weighted by Gasteiger charge is 2.11. The molecule has 1 atom stereocenters. The van der Waals surface area contributed by atoms with E-state index in [1.54, 1.807) is 0 Å². The van der Waals surface area contributed by atoms with Gasteiger partial charge in [0.2, 0.25) is 0 Å². The van der Waals surface area contributed by atoms with Crippen LogP contribution in [0.15, 0.2) is 45.3 Å². The number of halogens is 3. The maximum Gasteiger partial charge on any atom is 0.125 e. The van der Waals surface area contributed by atoms with Crippen LogP contribution < -0.4 is 10.1 Å². The molecule has 5 heteroatoms. The van der Waals surface area contributed by atoms with Gasteiger partial charge in [-0.1, -0.05) is 37.9 Å². The Morgan fingerprint density at radius 3 is 2.57 bits per heavy atom. The van der Waals surface area contributed by atoms with Crippen LogP contribution in [-0.2, 0) is 6.61 Å². The Balaban J connectivity index is 2.20. The molecule has 0 aromatic heterocycles. The molecule has 0 spiro atoms. The molecule has 1 N–H and O–H groups in total. The van der Waals surface area contributed by atoms with E-state index in [2.05, 4.69) is 44.1 Å². The summed E-state index contributed by atoms with van der Waals surface area (Å²) in [6.45, 7) is 2.38. The summed E-state index contributed by atoms with van der Waals surface area (Å²) in [4.78, 5) is 0. The summed E-state index contributed by atoms with van der Waals surface area (Å²) >= 11 is 6.74. The third-order valence-electron chi connectivity index (χ3n) is 3.19. The fourth-order valence-corrected chi connectivity index (χ4v) is 2.85. The lowest BCUT2D eigenvalue weighted by atomic mass is 10.1. The van der Waals surface area contributed by atoms with Gasteiger partial charge >= 0.3 is 0 Å². The van der Waals surface area contributed by atoms with Crippen molar-refractivity contribution < 1.29 is 9.13 Å². The summed E-state index contributed by atoms with van der Waals surface area (Å²) in [6, 6.07) is 10.9. The molecule has 2 rings (SSSR count). The first-order valence-electron chi connectivity index (χ1n) is 6.54. The van der Waals surface area contributed by atoms with Crippen molar-refractivity contribution in [2.45, 2.75) is 19.6 Å². The second-order valence-corrected chi connectivity index (χ2v) is 6.59. The van der Waals surface area contributed by atoms with E-state index < -0.39 is 0 Å². The van der Waals surface area contributed by atoms with E-state index in [1.165, 1.54) is 12.1 Å². The molecule has 0 saturated carbocycles. The van der Waals surface area contributed by atoms with Crippen molar-refractivity contribution in [3.8, 4) is 5.75 Å². The molecule has 0 radical (unpaired) electrons. The first-order chi connectivity index (χ1) is 9.99. The zero-order chi connectivity index (χ0) is 15.4. The quantitative estimate of drug-likeness (QED) is 0.722. The topological polar surface area (TPSA) is 21.3 Å². The molecular weight excluding hydrogens is 401 g/mol. The van der Waals surface area contributed by atoms with E-state index in [1.807, 2.05) is 31.3 Å². The van der Waals surface area contributed by atoms with Crippen molar-refractivity contribution in [1.29, 1.82) is 0 Å². The van der Waals surface area contributed by atoms with Gasteiger partial charge in [-0.15, -0.1) is 0 Å². The lowest BCUT2D eigenvalue weighted by molar-refractivity contribution is 0.299. The van der Waals surface area contributed by atoms with Crippen molar-refractivity contribution in [2.75, 3.05) is 7.05 Å². The van der Waals surface area contributed by atoms with Crippen molar-refractivity contribution in [3.05, 3.63) is 62.3 Å². The molecule has 21 heavy (non-hydrogen) atoms. The van der Waals surface area contributed by atoms with E-state index in [0.717, 1.165) is 21.3 Å². The Morgan fingerprint density at radius 1 is 1.14 bits per heavy atom. The summed E-state index contributed by atoms with van der Waals surface area (Å²) in [5.41, 5.74) is 1.85. The van der Waals surface area contributed by atoms with Gasteiger partial charge in [0.25, 0.3) is 0 Å². The fraction of sp³-hybridized carbons (Fsp3) is 0.250. The molecule has 2 aromatic carbocycles. The minimum atomic E-state index is -0.277. The highest BCUT2D eigenvalue weighted by molar-refractivity contribution is 9.10. The Bertz CT molecular complexity index is 613. The minimum absolute atomic E-state index is 0.173. The van der Waals surface area contributed by atoms with Gasteiger partial charge < -0.3 is 10.1 Å². The third kappa shape index (κ3) is 4.53. The Kier molecular flexibility index (Phi) is 5.79. The van der Waals surface area contributed by atoms with Crippen LogP contribution in [0.5, 0.6) is 5.75 Å². The largest absolute Gasteiger partial charge is 0.489 e. The smallest absolute Gasteiger partial charge is 0.125 e. The van der Waals surface area contributed by atoms with Gasteiger partial charge in [-0.25, -0.2) is 4.39 Å². The van der Waals surface area contributed by atoms with Crippen LogP contribution in [0.3, 0.4) is 0 Å². The molecule has 1 unspecified atom stereocenters. The molecule has 0 saturated heterocycles. The molecule has 0 heterocycles. The minimum Gasteiger partial charge on any atom is -0.489 e. The predicted molar refractivity (Wildman–Crippen MR) is 90.0 cm³/mol. The molecule has 2 nitrogen and oxygen atoms in total. The second kappa shape index (κ2) is 7.38. The predicted octanol–water partition coefficient (Wildman–Crippen LogP) is 5.21. The number of hydrogen-bond donors (Lipinski definition) is 1. The molecule has 0 aliphatic carbocycles. The van der Waals surface area contributed by atoms with Crippen molar-refractivity contribution >= 4 is 31.9 Å². The summed E-state index contributed by atoms with van der Waals surface area (Å²) in [5.74, 6) is 0.507. The Labute approximate surface area is 141 Å². The zero-order valence-corrected chi connectivity index (χ0v) is 15.0. The monoisotopic (exact) mass is 415 g/mol. The zero-order valence-electron chi connectivity index (χ0n) is 11.8.